The molecule has 0 spiro atoms. The van der Waals surface area contributed by atoms with Gasteiger partial charge in [-0.25, -0.2) is 9.97 Å². The van der Waals surface area contributed by atoms with Crippen molar-refractivity contribution in [3.63, 3.8) is 0 Å². The first-order chi connectivity index (χ1) is 12.6. The van der Waals surface area contributed by atoms with Crippen molar-refractivity contribution in [2.24, 2.45) is 0 Å². The van der Waals surface area contributed by atoms with Gasteiger partial charge in [0.2, 0.25) is 11.7 Å². The summed E-state index contributed by atoms with van der Waals surface area (Å²) in [5, 5.41) is 3.20. The van der Waals surface area contributed by atoms with Crippen LogP contribution in [0.5, 0.6) is 17.2 Å². The summed E-state index contributed by atoms with van der Waals surface area (Å²) in [5.41, 5.74) is 4.88. The fourth-order valence-electron chi connectivity index (χ4n) is 2.89. The first-order valence-corrected chi connectivity index (χ1v) is 8.12. The third kappa shape index (κ3) is 3.28. The van der Waals surface area contributed by atoms with E-state index in [4.69, 9.17) is 14.2 Å². The van der Waals surface area contributed by atoms with E-state index in [1.807, 2.05) is 38.2 Å². The highest BCUT2D eigenvalue weighted by atomic mass is 16.5. The van der Waals surface area contributed by atoms with E-state index in [1.54, 1.807) is 27.5 Å². The summed E-state index contributed by atoms with van der Waals surface area (Å²) in [6.45, 7) is 4.07. The number of aromatic nitrogens is 3. The zero-order chi connectivity index (χ0) is 18.7. The highest BCUT2D eigenvalue weighted by Gasteiger charge is 2.14. The smallest absolute Gasteiger partial charge is 0.227 e. The van der Waals surface area contributed by atoms with Gasteiger partial charge < -0.3 is 24.5 Å². The lowest BCUT2D eigenvalue weighted by molar-refractivity contribution is 0.324. The number of methoxy groups -OCH3 is 3. The van der Waals surface area contributed by atoms with Gasteiger partial charge in [0.05, 0.1) is 27.0 Å². The van der Waals surface area contributed by atoms with Crippen molar-refractivity contribution in [2.45, 2.75) is 13.8 Å². The average Bonchev–Trinajstić information content (AvgIpc) is 2.99. The Hall–Kier alpha value is -3.22. The minimum atomic E-state index is 0.483. The Bertz CT molecular complexity index is 876. The Morgan fingerprint density at radius 3 is 2.23 bits per heavy atom. The van der Waals surface area contributed by atoms with E-state index in [0.29, 0.717) is 23.2 Å². The van der Waals surface area contributed by atoms with E-state index in [2.05, 4.69) is 20.3 Å². The molecule has 2 heterocycles. The van der Waals surface area contributed by atoms with E-state index in [9.17, 15) is 0 Å². The summed E-state index contributed by atoms with van der Waals surface area (Å²) in [6, 6.07) is 5.51. The molecule has 0 amide bonds. The second kappa shape index (κ2) is 7.35. The minimum Gasteiger partial charge on any atom is -0.493 e. The van der Waals surface area contributed by atoms with Crippen LogP contribution in [0.25, 0.3) is 11.3 Å². The summed E-state index contributed by atoms with van der Waals surface area (Å²) in [5.74, 6) is 2.14. The molecule has 2 aromatic heterocycles. The van der Waals surface area contributed by atoms with Crippen LogP contribution in [0, 0.1) is 13.8 Å². The van der Waals surface area contributed by atoms with E-state index in [1.165, 1.54) is 0 Å². The normalized spacial score (nSPS) is 10.5. The molecule has 3 rings (SSSR count). The maximum atomic E-state index is 5.38. The highest BCUT2D eigenvalue weighted by Crippen LogP contribution is 2.40. The van der Waals surface area contributed by atoms with Crippen LogP contribution in [0.4, 0.5) is 11.6 Å². The number of rotatable bonds is 6. The number of aromatic amines is 1. The van der Waals surface area contributed by atoms with Crippen molar-refractivity contribution in [3.05, 3.63) is 41.9 Å². The predicted molar refractivity (Wildman–Crippen MR) is 101 cm³/mol. The molecule has 0 atom stereocenters. The third-order valence-electron chi connectivity index (χ3n) is 4.11. The van der Waals surface area contributed by atoms with E-state index < -0.39 is 0 Å². The summed E-state index contributed by atoms with van der Waals surface area (Å²) < 4.78 is 16.1. The molecule has 0 aliphatic carbocycles. The number of aryl methyl sites for hydroxylation is 2. The van der Waals surface area contributed by atoms with Gasteiger partial charge in [0.15, 0.2) is 11.5 Å². The van der Waals surface area contributed by atoms with Gasteiger partial charge >= 0.3 is 0 Å². The second-order valence-corrected chi connectivity index (χ2v) is 5.78. The minimum absolute atomic E-state index is 0.483. The fourth-order valence-corrected chi connectivity index (χ4v) is 2.89. The topological polar surface area (TPSA) is 81.3 Å². The first-order valence-electron chi connectivity index (χ1n) is 8.12. The van der Waals surface area contributed by atoms with Gasteiger partial charge in [0.1, 0.15) is 0 Å². The summed E-state index contributed by atoms with van der Waals surface area (Å²) in [7, 11) is 4.73. The van der Waals surface area contributed by atoms with Crippen LogP contribution >= 0.6 is 0 Å². The SMILES string of the molecule is COc1cc(Nc2nccc(-c3c(C)c[nH]c3C)n2)cc(OC)c1OC. The van der Waals surface area contributed by atoms with Crippen LogP contribution in [0.3, 0.4) is 0 Å². The molecule has 0 saturated carbocycles. The van der Waals surface area contributed by atoms with Gasteiger partial charge in [-0.2, -0.15) is 0 Å². The molecule has 0 bridgehead atoms. The number of ether oxygens (including phenoxy) is 3. The molecule has 0 aliphatic rings. The molecule has 0 fully saturated rings. The van der Waals surface area contributed by atoms with Crippen molar-refractivity contribution >= 4 is 11.6 Å². The lowest BCUT2D eigenvalue weighted by atomic mass is 10.1. The Morgan fingerprint density at radius 1 is 1.00 bits per heavy atom. The number of hydrogen-bond donors (Lipinski definition) is 2. The molecule has 1 aromatic carbocycles. The molecule has 7 heteroatoms. The maximum absolute atomic E-state index is 5.38. The monoisotopic (exact) mass is 354 g/mol. The van der Waals surface area contributed by atoms with Crippen LogP contribution in [0.1, 0.15) is 11.3 Å². The number of nitrogens with zero attached hydrogens (tertiary/aromatic N) is 2. The maximum Gasteiger partial charge on any atom is 0.227 e. The van der Waals surface area contributed by atoms with Crippen LogP contribution in [-0.2, 0) is 0 Å². The lowest BCUT2D eigenvalue weighted by Gasteiger charge is -2.14. The van der Waals surface area contributed by atoms with Crippen LogP contribution in [0.2, 0.25) is 0 Å². The standard InChI is InChI=1S/C19H22N4O3/c1-11-10-21-12(2)17(11)14-6-7-20-19(23-14)22-13-8-15(24-3)18(26-5)16(9-13)25-4/h6-10,21H,1-5H3,(H,20,22,23). The second-order valence-electron chi connectivity index (χ2n) is 5.78. The van der Waals surface area contributed by atoms with Crippen molar-refractivity contribution < 1.29 is 14.2 Å². The Labute approximate surface area is 152 Å². The van der Waals surface area contributed by atoms with E-state index in [-0.39, 0.29) is 0 Å². The summed E-state index contributed by atoms with van der Waals surface area (Å²) in [4.78, 5) is 12.2. The van der Waals surface area contributed by atoms with E-state index >= 15 is 0 Å². The molecular weight excluding hydrogens is 332 g/mol. The van der Waals surface area contributed by atoms with Gasteiger partial charge in [0.25, 0.3) is 0 Å². The quantitative estimate of drug-likeness (QED) is 0.700. The molecule has 26 heavy (non-hydrogen) atoms. The zero-order valence-electron chi connectivity index (χ0n) is 15.5. The van der Waals surface area contributed by atoms with Crippen molar-refractivity contribution in [2.75, 3.05) is 26.6 Å². The first kappa shape index (κ1) is 17.6. The van der Waals surface area contributed by atoms with Gasteiger partial charge in [-0.3, -0.25) is 0 Å². The van der Waals surface area contributed by atoms with Crippen LogP contribution in [-0.4, -0.2) is 36.3 Å². The van der Waals surface area contributed by atoms with Gasteiger partial charge in [-0.05, 0) is 25.5 Å². The highest BCUT2D eigenvalue weighted by molar-refractivity contribution is 5.69. The van der Waals surface area contributed by atoms with Crippen LogP contribution in [0.15, 0.2) is 30.6 Å². The average molecular weight is 354 g/mol. The Balaban J connectivity index is 1.96. The van der Waals surface area contributed by atoms with Crippen molar-refractivity contribution in [3.8, 4) is 28.5 Å². The number of nitrogens with one attached hydrogen (secondary N) is 2. The Kier molecular flexibility index (Phi) is 4.97. The number of H-pyrrole nitrogens is 1. The van der Waals surface area contributed by atoms with Gasteiger partial charge in [-0.15, -0.1) is 0 Å². The molecule has 0 saturated heterocycles. The predicted octanol–water partition coefficient (Wildman–Crippen LogP) is 3.86. The molecular formula is C19H22N4O3. The van der Waals surface area contributed by atoms with Crippen LogP contribution < -0.4 is 19.5 Å². The molecule has 136 valence electrons. The van der Waals surface area contributed by atoms with Crippen molar-refractivity contribution in [1.82, 2.24) is 15.0 Å². The largest absolute Gasteiger partial charge is 0.493 e. The fraction of sp³-hybridized carbons (Fsp3) is 0.263. The Morgan fingerprint density at radius 2 is 1.69 bits per heavy atom. The summed E-state index contributed by atoms with van der Waals surface area (Å²) >= 11 is 0. The van der Waals surface area contributed by atoms with E-state index in [0.717, 1.165) is 28.2 Å². The molecule has 7 nitrogen and oxygen atoms in total. The van der Waals surface area contributed by atoms with Gasteiger partial charge in [-0.1, -0.05) is 0 Å². The lowest BCUT2D eigenvalue weighted by Crippen LogP contribution is -2.01. The molecule has 0 aliphatic heterocycles. The molecule has 2 N–H and O–H groups in total. The van der Waals surface area contributed by atoms with Crippen molar-refractivity contribution in [1.29, 1.82) is 0 Å². The number of benzene rings is 1. The summed E-state index contributed by atoms with van der Waals surface area (Å²) in [6.07, 6.45) is 3.70. The molecule has 3 aromatic rings. The third-order valence-corrected chi connectivity index (χ3v) is 4.11. The molecule has 0 radical (unpaired) electrons. The van der Waals surface area contributed by atoms with Gasteiger partial charge in [0, 0.05) is 41.5 Å². The zero-order valence-corrected chi connectivity index (χ0v) is 15.5. The molecule has 0 unspecified atom stereocenters. The number of anilines is 2. The number of hydrogen-bond acceptors (Lipinski definition) is 6.